The third-order valence-corrected chi connectivity index (χ3v) is 3.23. The molecule has 5 heteroatoms. The molecule has 0 aliphatic rings. The normalized spacial score (nSPS) is 10.6. The SMILES string of the molecule is COc1ccc(OC)c(-c2ccc(OC)c(C(O)O)c2)c1. The van der Waals surface area contributed by atoms with Crippen LogP contribution in [0.5, 0.6) is 17.2 Å². The fourth-order valence-corrected chi connectivity index (χ4v) is 2.14. The van der Waals surface area contributed by atoms with Gasteiger partial charge in [0.15, 0.2) is 6.29 Å². The number of hydrogen-bond acceptors (Lipinski definition) is 5. The first-order valence-electron chi connectivity index (χ1n) is 6.37. The number of rotatable bonds is 5. The summed E-state index contributed by atoms with van der Waals surface area (Å²) in [7, 11) is 4.65. The number of aliphatic hydroxyl groups is 2. The highest BCUT2D eigenvalue weighted by Gasteiger charge is 2.14. The lowest BCUT2D eigenvalue weighted by molar-refractivity contribution is -0.0438. The van der Waals surface area contributed by atoms with Crippen LogP contribution in [0.2, 0.25) is 0 Å². The largest absolute Gasteiger partial charge is 0.497 e. The Morgan fingerprint density at radius 3 is 2.05 bits per heavy atom. The standard InChI is InChI=1S/C16H18O5/c1-19-11-5-7-14(20-2)12(9-11)10-4-6-15(21-3)13(8-10)16(17)18/h4-9,16-18H,1-3H3. The maximum absolute atomic E-state index is 9.45. The molecule has 0 aliphatic carbocycles. The fraction of sp³-hybridized carbons (Fsp3) is 0.250. The summed E-state index contributed by atoms with van der Waals surface area (Å²) in [5.74, 6) is 1.77. The highest BCUT2D eigenvalue weighted by atomic mass is 16.5. The van der Waals surface area contributed by atoms with Crippen molar-refractivity contribution in [3.63, 3.8) is 0 Å². The summed E-state index contributed by atoms with van der Waals surface area (Å²) < 4.78 is 15.7. The number of hydrogen-bond donors (Lipinski definition) is 2. The summed E-state index contributed by atoms with van der Waals surface area (Å²) >= 11 is 0. The lowest BCUT2D eigenvalue weighted by Gasteiger charge is -2.14. The summed E-state index contributed by atoms with van der Waals surface area (Å²) in [5.41, 5.74) is 1.86. The van der Waals surface area contributed by atoms with Crippen molar-refractivity contribution in [1.82, 2.24) is 0 Å². The molecule has 0 bridgehead atoms. The minimum atomic E-state index is -1.61. The molecule has 5 nitrogen and oxygen atoms in total. The van der Waals surface area contributed by atoms with Crippen molar-refractivity contribution in [2.45, 2.75) is 6.29 Å². The van der Waals surface area contributed by atoms with Crippen LogP contribution in [0, 0.1) is 0 Å². The molecule has 2 N–H and O–H groups in total. The number of aliphatic hydroxyl groups excluding tert-OH is 1. The van der Waals surface area contributed by atoms with Crippen molar-refractivity contribution in [1.29, 1.82) is 0 Å². The molecule has 0 heterocycles. The van der Waals surface area contributed by atoms with Gasteiger partial charge in [0.1, 0.15) is 17.2 Å². The van der Waals surface area contributed by atoms with Crippen molar-refractivity contribution >= 4 is 0 Å². The van der Waals surface area contributed by atoms with Crippen molar-refractivity contribution in [3.8, 4) is 28.4 Å². The Morgan fingerprint density at radius 1 is 0.810 bits per heavy atom. The first-order valence-corrected chi connectivity index (χ1v) is 6.37. The molecule has 2 rings (SSSR count). The lowest BCUT2D eigenvalue weighted by atomic mass is 10.0. The minimum absolute atomic E-state index is 0.292. The van der Waals surface area contributed by atoms with E-state index in [1.807, 2.05) is 12.1 Å². The van der Waals surface area contributed by atoms with Gasteiger partial charge in [-0.15, -0.1) is 0 Å². The van der Waals surface area contributed by atoms with E-state index in [-0.39, 0.29) is 0 Å². The van der Waals surface area contributed by atoms with E-state index in [0.29, 0.717) is 22.8 Å². The molecule has 0 unspecified atom stereocenters. The molecular weight excluding hydrogens is 272 g/mol. The molecule has 0 aliphatic heterocycles. The van der Waals surface area contributed by atoms with Gasteiger partial charge in [0, 0.05) is 11.1 Å². The van der Waals surface area contributed by atoms with Gasteiger partial charge in [-0.2, -0.15) is 0 Å². The monoisotopic (exact) mass is 290 g/mol. The van der Waals surface area contributed by atoms with Crippen LogP contribution in [0.15, 0.2) is 36.4 Å². The number of benzene rings is 2. The third-order valence-electron chi connectivity index (χ3n) is 3.23. The van der Waals surface area contributed by atoms with Crippen molar-refractivity contribution in [3.05, 3.63) is 42.0 Å². The van der Waals surface area contributed by atoms with E-state index >= 15 is 0 Å². The molecule has 112 valence electrons. The van der Waals surface area contributed by atoms with Crippen LogP contribution in [0.1, 0.15) is 11.9 Å². The van der Waals surface area contributed by atoms with E-state index in [0.717, 1.165) is 11.1 Å². The van der Waals surface area contributed by atoms with Gasteiger partial charge < -0.3 is 24.4 Å². The molecule has 0 radical (unpaired) electrons. The summed E-state index contributed by atoms with van der Waals surface area (Å²) in [5, 5.41) is 18.9. The summed E-state index contributed by atoms with van der Waals surface area (Å²) in [6, 6.07) is 10.6. The first kappa shape index (κ1) is 15.2. The van der Waals surface area contributed by atoms with E-state index < -0.39 is 6.29 Å². The smallest absolute Gasteiger partial charge is 0.182 e. The maximum Gasteiger partial charge on any atom is 0.182 e. The van der Waals surface area contributed by atoms with E-state index in [4.69, 9.17) is 14.2 Å². The van der Waals surface area contributed by atoms with Gasteiger partial charge in [-0.05, 0) is 35.9 Å². The summed E-state index contributed by atoms with van der Waals surface area (Å²) in [4.78, 5) is 0. The molecular formula is C16H18O5. The molecule has 0 spiro atoms. The second kappa shape index (κ2) is 6.47. The quantitative estimate of drug-likeness (QED) is 0.827. The van der Waals surface area contributed by atoms with Gasteiger partial charge in [-0.3, -0.25) is 0 Å². The predicted octanol–water partition coefficient (Wildman–Crippen LogP) is 2.36. The Bertz CT molecular complexity index is 622. The molecule has 0 atom stereocenters. The van der Waals surface area contributed by atoms with Crippen LogP contribution in [0.25, 0.3) is 11.1 Å². The molecule has 0 saturated carbocycles. The van der Waals surface area contributed by atoms with E-state index in [1.165, 1.54) is 7.11 Å². The second-order valence-corrected chi connectivity index (χ2v) is 4.40. The highest BCUT2D eigenvalue weighted by Crippen LogP contribution is 2.36. The minimum Gasteiger partial charge on any atom is -0.497 e. The average Bonchev–Trinajstić information content (AvgIpc) is 2.53. The van der Waals surface area contributed by atoms with Gasteiger partial charge in [-0.25, -0.2) is 0 Å². The first-order chi connectivity index (χ1) is 10.1. The van der Waals surface area contributed by atoms with Crippen molar-refractivity contribution in [2.24, 2.45) is 0 Å². The molecule has 0 amide bonds. The topological polar surface area (TPSA) is 68.2 Å². The van der Waals surface area contributed by atoms with E-state index in [9.17, 15) is 10.2 Å². The van der Waals surface area contributed by atoms with Crippen LogP contribution < -0.4 is 14.2 Å². The molecule has 0 fully saturated rings. The Morgan fingerprint density at radius 2 is 1.48 bits per heavy atom. The van der Waals surface area contributed by atoms with Crippen LogP contribution in [0.4, 0.5) is 0 Å². The Kier molecular flexibility index (Phi) is 4.67. The number of ether oxygens (including phenoxy) is 3. The zero-order valence-corrected chi connectivity index (χ0v) is 12.2. The molecule has 2 aromatic carbocycles. The van der Waals surface area contributed by atoms with E-state index in [1.54, 1.807) is 38.5 Å². The van der Waals surface area contributed by atoms with Gasteiger partial charge in [0.2, 0.25) is 0 Å². The van der Waals surface area contributed by atoms with Gasteiger partial charge in [0.25, 0.3) is 0 Å². The fourth-order valence-electron chi connectivity index (χ4n) is 2.14. The molecule has 0 saturated heterocycles. The van der Waals surface area contributed by atoms with Gasteiger partial charge >= 0.3 is 0 Å². The summed E-state index contributed by atoms with van der Waals surface area (Å²) in [6.07, 6.45) is -1.61. The Hall–Kier alpha value is -2.24. The van der Waals surface area contributed by atoms with Crippen molar-refractivity contribution in [2.75, 3.05) is 21.3 Å². The molecule has 0 aromatic heterocycles. The zero-order chi connectivity index (χ0) is 15.4. The lowest BCUT2D eigenvalue weighted by Crippen LogP contribution is -2.00. The molecule has 21 heavy (non-hydrogen) atoms. The van der Waals surface area contributed by atoms with Crippen LogP contribution in [0.3, 0.4) is 0 Å². The van der Waals surface area contributed by atoms with Gasteiger partial charge in [0.05, 0.1) is 21.3 Å². The third kappa shape index (κ3) is 3.09. The Balaban J connectivity index is 2.58. The predicted molar refractivity (Wildman–Crippen MR) is 78.7 cm³/mol. The Labute approximate surface area is 123 Å². The zero-order valence-electron chi connectivity index (χ0n) is 12.2. The van der Waals surface area contributed by atoms with Crippen LogP contribution in [-0.2, 0) is 0 Å². The van der Waals surface area contributed by atoms with Gasteiger partial charge in [-0.1, -0.05) is 6.07 Å². The molecule has 2 aromatic rings. The van der Waals surface area contributed by atoms with Crippen LogP contribution >= 0.6 is 0 Å². The average molecular weight is 290 g/mol. The summed E-state index contributed by atoms with van der Waals surface area (Å²) in [6.45, 7) is 0. The maximum atomic E-state index is 9.45. The second-order valence-electron chi connectivity index (χ2n) is 4.40. The number of methoxy groups -OCH3 is 3. The van der Waals surface area contributed by atoms with Crippen molar-refractivity contribution < 1.29 is 24.4 Å². The highest BCUT2D eigenvalue weighted by molar-refractivity contribution is 5.73. The van der Waals surface area contributed by atoms with E-state index in [2.05, 4.69) is 0 Å². The van der Waals surface area contributed by atoms with Crippen LogP contribution in [-0.4, -0.2) is 31.5 Å².